The summed E-state index contributed by atoms with van der Waals surface area (Å²) in [6.07, 6.45) is 0. The lowest BCUT2D eigenvalue weighted by Gasteiger charge is -2.24. The lowest BCUT2D eigenvalue weighted by molar-refractivity contribution is -0.0234. The Morgan fingerprint density at radius 1 is 1.89 bits per heavy atom. The molecule has 5 nitrogen and oxygen atoms in total. The highest BCUT2D eigenvalue weighted by Crippen LogP contribution is 1.92. The van der Waals surface area contributed by atoms with Gasteiger partial charge in [0, 0.05) is 0 Å². The van der Waals surface area contributed by atoms with Crippen LogP contribution < -0.4 is 5.32 Å². The van der Waals surface area contributed by atoms with Crippen molar-refractivity contribution in [1.29, 1.82) is 0 Å². The van der Waals surface area contributed by atoms with Gasteiger partial charge in [0.2, 0.25) is 0 Å². The zero-order chi connectivity index (χ0) is 6.69. The third-order valence-corrected chi connectivity index (χ3v) is 1.03. The van der Waals surface area contributed by atoms with Crippen molar-refractivity contribution in [2.75, 3.05) is 20.2 Å². The molecule has 2 amide bonds. The molecule has 1 saturated heterocycles. The highest BCUT2D eigenvalue weighted by atomic mass is 16.5. The molecular weight excluding hydrogens is 124 g/mol. The molecule has 0 bridgehead atoms. The van der Waals surface area contributed by atoms with Crippen molar-refractivity contribution in [3.8, 4) is 0 Å². The molecule has 0 spiro atoms. The highest BCUT2D eigenvalue weighted by molar-refractivity contribution is 5.74. The maximum absolute atomic E-state index is 10.6. The summed E-state index contributed by atoms with van der Waals surface area (Å²) < 4.78 is 4.78. The molecule has 52 valence electrons. The molecular formula is C4H8N2O3. The number of amides is 2. The minimum Gasteiger partial charge on any atom is -0.376 e. The van der Waals surface area contributed by atoms with Gasteiger partial charge in [-0.1, -0.05) is 0 Å². The number of urea groups is 1. The summed E-state index contributed by atoms with van der Waals surface area (Å²) in [6.45, 7) is 0.101. The molecule has 0 atom stereocenters. The second kappa shape index (κ2) is 2.65. The second-order valence-electron chi connectivity index (χ2n) is 1.64. The van der Waals surface area contributed by atoms with Crippen LogP contribution in [0.3, 0.4) is 0 Å². The van der Waals surface area contributed by atoms with E-state index in [-0.39, 0.29) is 26.2 Å². The van der Waals surface area contributed by atoms with Gasteiger partial charge < -0.3 is 15.2 Å². The predicted molar refractivity (Wildman–Crippen MR) is 28.3 cm³/mol. The van der Waals surface area contributed by atoms with Gasteiger partial charge in [-0.25, -0.2) is 4.79 Å². The van der Waals surface area contributed by atoms with Crippen molar-refractivity contribution in [3.63, 3.8) is 0 Å². The van der Waals surface area contributed by atoms with E-state index in [4.69, 9.17) is 9.84 Å². The monoisotopic (exact) mass is 132 g/mol. The summed E-state index contributed by atoms with van der Waals surface area (Å²) in [5.74, 6) is 0. The van der Waals surface area contributed by atoms with Gasteiger partial charge >= 0.3 is 6.03 Å². The van der Waals surface area contributed by atoms with Gasteiger partial charge in [0.25, 0.3) is 0 Å². The molecule has 9 heavy (non-hydrogen) atoms. The Morgan fingerprint density at radius 2 is 2.67 bits per heavy atom. The number of carbonyl (C=O) groups is 1. The molecule has 0 radical (unpaired) electrons. The molecule has 1 aliphatic heterocycles. The predicted octanol–water partition coefficient (Wildman–Crippen LogP) is -1.11. The zero-order valence-electron chi connectivity index (χ0n) is 4.83. The van der Waals surface area contributed by atoms with Crippen LogP contribution in [-0.4, -0.2) is 36.2 Å². The molecule has 1 aliphatic rings. The number of aliphatic hydroxyl groups is 1. The topological polar surface area (TPSA) is 61.8 Å². The molecule has 0 unspecified atom stereocenters. The van der Waals surface area contributed by atoms with Crippen molar-refractivity contribution in [2.24, 2.45) is 0 Å². The van der Waals surface area contributed by atoms with E-state index in [0.29, 0.717) is 0 Å². The first-order chi connectivity index (χ1) is 4.34. The van der Waals surface area contributed by atoms with Crippen LogP contribution in [0.15, 0.2) is 0 Å². The molecule has 0 saturated carbocycles. The van der Waals surface area contributed by atoms with E-state index in [1.807, 2.05) is 0 Å². The SMILES string of the molecule is O=C1NCOCN1CO. The van der Waals surface area contributed by atoms with E-state index in [2.05, 4.69) is 5.32 Å². The molecule has 1 heterocycles. The summed E-state index contributed by atoms with van der Waals surface area (Å²) in [7, 11) is 0. The molecule has 0 aromatic rings. The largest absolute Gasteiger partial charge is 0.376 e. The summed E-state index contributed by atoms with van der Waals surface area (Å²) in [4.78, 5) is 11.7. The molecule has 5 heteroatoms. The number of ether oxygens (including phenoxy) is 1. The Balaban J connectivity index is 2.39. The number of nitrogens with zero attached hydrogens (tertiary/aromatic N) is 1. The summed E-state index contributed by atoms with van der Waals surface area (Å²) in [5.41, 5.74) is 0. The first-order valence-electron chi connectivity index (χ1n) is 2.56. The molecule has 0 aromatic carbocycles. The van der Waals surface area contributed by atoms with Crippen LogP contribution in [0.5, 0.6) is 0 Å². The van der Waals surface area contributed by atoms with Crippen molar-refractivity contribution in [1.82, 2.24) is 10.2 Å². The lowest BCUT2D eigenvalue weighted by atomic mass is 10.7. The Hall–Kier alpha value is -0.810. The summed E-state index contributed by atoms with van der Waals surface area (Å²) in [5, 5.41) is 10.8. The van der Waals surface area contributed by atoms with Crippen molar-refractivity contribution in [2.45, 2.75) is 0 Å². The molecule has 1 fully saturated rings. The van der Waals surface area contributed by atoms with E-state index in [9.17, 15) is 4.79 Å². The average Bonchev–Trinajstić information content (AvgIpc) is 1.89. The maximum Gasteiger partial charge on any atom is 0.322 e. The first kappa shape index (κ1) is 6.31. The van der Waals surface area contributed by atoms with Gasteiger partial charge in [-0.15, -0.1) is 0 Å². The number of hydrogen-bond acceptors (Lipinski definition) is 3. The van der Waals surface area contributed by atoms with Crippen molar-refractivity contribution in [3.05, 3.63) is 0 Å². The molecule has 0 aliphatic carbocycles. The standard InChI is InChI=1S/C4H8N2O3/c7-2-6-3-9-1-5-4(6)8/h7H,1-3H2,(H,5,8). The Labute approximate surface area is 52.2 Å². The third-order valence-electron chi connectivity index (χ3n) is 1.03. The fraction of sp³-hybridized carbons (Fsp3) is 0.750. The number of aliphatic hydroxyl groups excluding tert-OH is 1. The van der Waals surface area contributed by atoms with E-state index in [1.54, 1.807) is 0 Å². The summed E-state index contributed by atoms with van der Waals surface area (Å²) >= 11 is 0. The quantitative estimate of drug-likeness (QED) is 0.475. The first-order valence-corrected chi connectivity index (χ1v) is 2.56. The Kier molecular flexibility index (Phi) is 1.86. The van der Waals surface area contributed by atoms with Crippen LogP contribution in [-0.2, 0) is 4.74 Å². The fourth-order valence-electron chi connectivity index (χ4n) is 0.544. The van der Waals surface area contributed by atoms with E-state index < -0.39 is 0 Å². The van der Waals surface area contributed by atoms with Gasteiger partial charge in [0.05, 0.1) is 0 Å². The molecule has 0 aromatic heterocycles. The van der Waals surface area contributed by atoms with Gasteiger partial charge in [0.15, 0.2) is 0 Å². The fourth-order valence-corrected chi connectivity index (χ4v) is 0.544. The minimum absolute atomic E-state index is 0.169. The van der Waals surface area contributed by atoms with Gasteiger partial charge in [-0.3, -0.25) is 4.90 Å². The normalized spacial score (nSPS) is 19.7. The minimum atomic E-state index is -0.300. The van der Waals surface area contributed by atoms with Crippen LogP contribution in [0.1, 0.15) is 0 Å². The van der Waals surface area contributed by atoms with Crippen molar-refractivity contribution >= 4 is 6.03 Å². The number of carbonyl (C=O) groups excluding carboxylic acids is 1. The van der Waals surface area contributed by atoms with E-state index in [0.717, 1.165) is 4.90 Å². The smallest absolute Gasteiger partial charge is 0.322 e. The Morgan fingerprint density at radius 3 is 3.11 bits per heavy atom. The zero-order valence-corrected chi connectivity index (χ0v) is 4.83. The summed E-state index contributed by atoms with van der Waals surface area (Å²) in [6, 6.07) is -0.288. The van der Waals surface area contributed by atoms with Gasteiger partial charge in [-0.05, 0) is 0 Å². The van der Waals surface area contributed by atoms with Gasteiger partial charge in [-0.2, -0.15) is 0 Å². The lowest BCUT2D eigenvalue weighted by Crippen LogP contribution is -2.47. The molecule has 2 N–H and O–H groups in total. The van der Waals surface area contributed by atoms with Crippen LogP contribution in [0.25, 0.3) is 0 Å². The molecule has 1 rings (SSSR count). The van der Waals surface area contributed by atoms with Crippen LogP contribution in [0.2, 0.25) is 0 Å². The average molecular weight is 132 g/mol. The highest BCUT2D eigenvalue weighted by Gasteiger charge is 2.15. The van der Waals surface area contributed by atoms with Crippen LogP contribution in [0.4, 0.5) is 4.79 Å². The number of rotatable bonds is 1. The Bertz CT molecular complexity index is 116. The van der Waals surface area contributed by atoms with E-state index >= 15 is 0 Å². The van der Waals surface area contributed by atoms with Crippen molar-refractivity contribution < 1.29 is 14.6 Å². The second-order valence-corrected chi connectivity index (χ2v) is 1.64. The van der Waals surface area contributed by atoms with Crippen LogP contribution in [0, 0.1) is 0 Å². The number of hydrogen-bond donors (Lipinski definition) is 2. The maximum atomic E-state index is 10.6. The third kappa shape index (κ3) is 1.30. The van der Waals surface area contributed by atoms with E-state index in [1.165, 1.54) is 0 Å². The number of nitrogens with one attached hydrogen (secondary N) is 1. The van der Waals surface area contributed by atoms with Gasteiger partial charge in [0.1, 0.15) is 20.2 Å². The van der Waals surface area contributed by atoms with Crippen LogP contribution >= 0.6 is 0 Å².